The zero-order valence-electron chi connectivity index (χ0n) is 125. The Morgan fingerprint density at radius 3 is 1.16 bits per heavy atom. The normalized spacial score (nSPS) is 21.5. The van der Waals surface area contributed by atoms with Gasteiger partial charge in [0, 0.05) is 143 Å². The summed E-state index contributed by atoms with van der Waals surface area (Å²) in [7, 11) is 0. The minimum Gasteiger partial charge on any atom is -0.336 e. The number of fused-ring (bicyclic) bond motifs is 3. The van der Waals surface area contributed by atoms with Crippen LogP contribution in [0.25, 0.3) is 33.4 Å². The molecule has 2 unspecified atom stereocenters. The van der Waals surface area contributed by atoms with Gasteiger partial charge in [0.15, 0.2) is 15.5 Å². The molecule has 762 valence electrons. The third-order valence-electron chi connectivity index (χ3n) is 21.5. The summed E-state index contributed by atoms with van der Waals surface area (Å²) < 4.78 is 578. The Kier molecular flexibility index (Phi) is 21.7. The van der Waals surface area contributed by atoms with Crippen molar-refractivity contribution in [3.8, 4) is 33.4 Å². The van der Waals surface area contributed by atoms with E-state index in [9.17, 15) is 86.9 Å². The molecule has 0 saturated carbocycles. The number of halogens is 12. The quantitative estimate of drug-likeness (QED) is 0.0202. The van der Waals surface area contributed by atoms with Crippen LogP contribution in [0, 0.1) is 30.3 Å². The maximum Gasteiger partial charge on any atom is 0.416 e. The third-order valence-corrected chi connectivity index (χ3v) is 24.0. The highest BCUT2D eigenvalue weighted by molar-refractivity contribution is 7.98. The minimum absolute atomic E-state index is 0.00367. The Morgan fingerprint density at radius 2 is 0.771 bits per heavy atom. The molecule has 0 spiro atoms. The standard InChI is InChI=1S/3C37H40F4N4O2S/c1-4-43(5-2)18-19-44(22-26-6-10-28(11-7-26)29-12-14-30(15-13-29)37(39,40)41)34(46)23-45-33-21-25(3)20-32(33)35(47)42-36(45)48-24-27-8-16-31(38)17-9-27;1-4-43(5-2)21-22-44(25(3)27-11-13-28(14-12-27)29-15-17-30(18-16-29)37(39,40)41)34(46)23-45-33-8-6-7-32(33)35(47)42-36(45)48-24-26-9-19-31(38)20-10-26;1-4-43(5-2)19-20-44(22-26-9-13-28(14-10-26)29-15-18-32(25(3)21-29)37(39,40)41)34(46)23-45-33-8-6-7-31(33)35(47)42-36(45)48-24-27-11-16-30(38)17-12-27/h6-17,25H,4-5,18-24H2,1-3H3;9-20,25H,4-8,21-24H2,1-3H3;9-18,21H,4-8,19-20,22-24H2,1-3H3/i4D2,5D2,18D2,19D2,20D2,21D2,22D2,24D2,25D;4D2,5D2,21D2,22D2,24D2,25D;4D2,5D2,9D,10D,13D,14D,15D,18D,19D2,20D2,21D,22D2,24D2. The summed E-state index contributed by atoms with van der Waals surface area (Å²) in [4.78, 5) is 95.5. The number of carbonyl (C=O) groups excluding carboxylic acids is 3. The number of hydrogen-bond donors (Lipinski definition) is 0. The van der Waals surface area contributed by atoms with Gasteiger partial charge in [-0.15, -0.1) is 0 Å². The molecule has 33 heteroatoms. The topological polar surface area (TPSA) is 175 Å². The van der Waals surface area contributed by atoms with E-state index in [2.05, 4.69) is 15.0 Å². The second-order valence-corrected chi connectivity index (χ2v) is 33.3. The predicted octanol–water partition coefficient (Wildman–Crippen LogP) is 22.8. The van der Waals surface area contributed by atoms with Crippen LogP contribution < -0.4 is 16.7 Å². The molecule has 18 nitrogen and oxygen atoms in total. The van der Waals surface area contributed by atoms with Crippen molar-refractivity contribution in [3.05, 3.63) is 350 Å². The van der Waals surface area contributed by atoms with E-state index >= 15 is 9.59 Å². The fourth-order valence-corrected chi connectivity index (χ4v) is 16.5. The molecule has 3 aliphatic rings. The summed E-state index contributed by atoms with van der Waals surface area (Å²) in [6, 6.07) is 17.3. The van der Waals surface area contributed by atoms with Crippen molar-refractivity contribution >= 4 is 53.0 Å². The van der Waals surface area contributed by atoms with Gasteiger partial charge in [-0.05, 0) is 249 Å². The summed E-state index contributed by atoms with van der Waals surface area (Å²) >= 11 is 0.625. The number of hydrogen-bond acceptors (Lipinski definition) is 15. The molecule has 2 atom stereocenters. The summed E-state index contributed by atoms with van der Waals surface area (Å²) in [5, 5.41) is -1.85. The van der Waals surface area contributed by atoms with Crippen molar-refractivity contribution in [2.75, 3.05) is 78.0 Å². The molecular weight excluding hydrogens is 1920 g/mol. The fraction of sp³-hybridized carbons (Fsp3) is 0.378. The summed E-state index contributed by atoms with van der Waals surface area (Å²) in [5.41, 5.74) is -20.8. The zero-order chi connectivity index (χ0) is 145. The van der Waals surface area contributed by atoms with Gasteiger partial charge in [-0.3, -0.25) is 28.8 Å². The number of nitrogens with zero attached hydrogens (tertiary/aromatic N) is 12. The molecule has 0 fully saturated rings. The second-order valence-electron chi connectivity index (χ2n) is 31.0. The summed E-state index contributed by atoms with van der Waals surface area (Å²) in [6.45, 7) is -47.6. The van der Waals surface area contributed by atoms with E-state index in [-0.39, 0.29) is 141 Å². The fourth-order valence-electron chi connectivity index (χ4n) is 14.3. The number of rotatable bonds is 39. The van der Waals surface area contributed by atoms with E-state index in [1.165, 1.54) is 65.2 Å². The summed E-state index contributed by atoms with van der Waals surface area (Å²) in [6.07, 6.45) is -19.8. The van der Waals surface area contributed by atoms with Crippen molar-refractivity contribution in [2.24, 2.45) is 5.89 Å². The Hall–Kier alpha value is -11.9. The van der Waals surface area contributed by atoms with Crippen LogP contribution >= 0.6 is 35.3 Å². The first-order valence-electron chi connectivity index (χ1n) is 66.8. The zero-order valence-corrected chi connectivity index (χ0v) is 80.1. The molecule has 0 radical (unpaired) electrons. The van der Waals surface area contributed by atoms with Crippen molar-refractivity contribution < 1.29 is 131 Å². The van der Waals surface area contributed by atoms with Crippen molar-refractivity contribution in [3.63, 3.8) is 0 Å². The number of carbonyl (C=O) groups is 3. The average Bonchev–Trinajstić information content (AvgIpc) is 1.52. The highest BCUT2D eigenvalue weighted by atomic mass is 32.2. The van der Waals surface area contributed by atoms with E-state index in [0.717, 1.165) is 148 Å². The SMILES string of the molecule is [2H]C([2H])(Sc1nc(=O)c2c(n1CC(=O)N(C([2H])(C)c1ccc(-c3ccc(C(F)(F)F)cc3)cc1)C([2H])([2H])C([2H])([2H])N(C([2H])([2H])C)C([2H])([2H])C)CCC2)c1ccc(F)cc1.[2H]C([2H])(Sc1nc(=O)c2c(n1CC(=O)N(C([2H])([2H])c1ccc(-c3ccc(C(F)(F)F)cc3)cc1)C([2H])([2H])C([2H])([2H])N(C([2H])([2H])C)C([2H])([2H])C)C([2H])([2H])C([2H])(C)C2([2H])[2H])c1ccc(F)cc1.[2H]c1c([2H])c(C([2H])([2H])N(C(=O)Cn2c(SC([2H])([2H])c3ccc(F)cc3)nc(=O)c3c2CCC3)C([2H])([2H])C([2H])([2H])N(C([2H])([2H])C)C([2H])([2H])C)c([2H])c([2H])c1-c1c([2H])c([2H])c(C(F)(F)F)c(C)c1[2H]. The molecule has 9 aromatic carbocycles. The van der Waals surface area contributed by atoms with Crippen LogP contribution in [0.2, 0.25) is 0 Å². The number of amides is 3. The number of likely N-dealkylation sites (N-methyl/N-ethyl adjacent to an activating group) is 3. The lowest BCUT2D eigenvalue weighted by atomic mass is 9.98. The number of alkyl halides is 9. The third kappa shape index (κ3) is 29.1. The van der Waals surface area contributed by atoms with E-state index in [4.69, 9.17) is 49.3 Å². The first-order valence-corrected chi connectivity index (χ1v) is 45.8. The first kappa shape index (κ1) is 62.2. The highest BCUT2D eigenvalue weighted by Crippen LogP contribution is 2.39. The van der Waals surface area contributed by atoms with Gasteiger partial charge in [-0.1, -0.05) is 229 Å². The lowest BCUT2D eigenvalue weighted by Gasteiger charge is -2.33. The Morgan fingerprint density at radius 1 is 0.424 bits per heavy atom. The summed E-state index contributed by atoms with van der Waals surface area (Å²) in [5.74, 6) is -10.1. The first-order chi connectivity index (χ1) is 86.3. The van der Waals surface area contributed by atoms with Crippen LogP contribution in [-0.4, -0.2) is 154 Å². The molecule has 3 heterocycles. The largest absolute Gasteiger partial charge is 0.416 e. The number of thioether (sulfide) groups is 3. The number of aromatic nitrogens is 6. The maximum atomic E-state index is 15.0. The number of benzene rings is 9. The van der Waals surface area contributed by atoms with Gasteiger partial charge in [-0.2, -0.15) is 54.5 Å². The molecule has 3 amide bonds. The van der Waals surface area contributed by atoms with E-state index < -0.39 is 336 Å². The van der Waals surface area contributed by atoms with Gasteiger partial charge >= 0.3 is 18.5 Å². The average molecular weight is 2090 g/mol. The van der Waals surface area contributed by atoms with Crippen LogP contribution in [0.3, 0.4) is 0 Å². The monoisotopic (exact) mass is 2090 g/mol. The Labute approximate surface area is 910 Å². The lowest BCUT2D eigenvalue weighted by molar-refractivity contribution is -0.138. The van der Waals surface area contributed by atoms with Crippen LogP contribution in [0.15, 0.2) is 242 Å². The van der Waals surface area contributed by atoms with Crippen LogP contribution in [0.1, 0.15) is 228 Å². The Bertz CT molecular complexity index is 9000. The molecule has 0 aliphatic heterocycles. The van der Waals surface area contributed by atoms with E-state index in [0.29, 0.717) is 61.6 Å². The maximum absolute atomic E-state index is 15.0. The highest BCUT2D eigenvalue weighted by Gasteiger charge is 2.36. The van der Waals surface area contributed by atoms with Crippen molar-refractivity contribution in [1.29, 1.82) is 0 Å². The molecule has 3 aromatic heterocycles. The van der Waals surface area contributed by atoms with Gasteiger partial charge in [-0.25, -0.2) is 13.2 Å². The molecular formula is C111H120F12N12O6S3. The lowest BCUT2D eigenvalue weighted by Crippen LogP contribution is -2.42. The van der Waals surface area contributed by atoms with Crippen LogP contribution in [-0.2, 0) is 121 Å². The van der Waals surface area contributed by atoms with E-state index in [1.54, 1.807) is 0 Å². The predicted molar refractivity (Wildman–Crippen MR) is 544 cm³/mol. The Balaban J connectivity index is 0.000000232. The van der Waals surface area contributed by atoms with Crippen LogP contribution in [0.5, 0.6) is 0 Å². The molecule has 0 N–H and O–H groups in total. The van der Waals surface area contributed by atoms with Crippen molar-refractivity contribution in [1.82, 2.24) is 58.1 Å². The molecule has 3 aliphatic carbocycles. The molecule has 12 aromatic rings. The molecule has 144 heavy (non-hydrogen) atoms. The van der Waals surface area contributed by atoms with Crippen molar-refractivity contribution in [2.45, 2.75) is 203 Å². The molecule has 0 bridgehead atoms. The minimum atomic E-state index is -5.26. The van der Waals surface area contributed by atoms with Crippen LogP contribution in [0.4, 0.5) is 52.7 Å². The second kappa shape index (κ2) is 50.3. The smallest absolute Gasteiger partial charge is 0.336 e. The van der Waals surface area contributed by atoms with Gasteiger partial charge in [0.25, 0.3) is 16.7 Å². The molecule has 15 rings (SSSR count). The molecule has 0 saturated heterocycles. The van der Waals surface area contributed by atoms with Gasteiger partial charge in [0.1, 0.15) is 37.1 Å². The van der Waals surface area contributed by atoms with Gasteiger partial charge in [0.05, 0.1) is 47.4 Å². The van der Waals surface area contributed by atoms with Gasteiger partial charge in [0.2, 0.25) is 17.7 Å². The van der Waals surface area contributed by atoms with Gasteiger partial charge < -0.3 is 43.1 Å². The van der Waals surface area contributed by atoms with E-state index in [1.807, 2.05) is 0 Å².